The van der Waals surface area contributed by atoms with Crippen molar-refractivity contribution in [1.29, 1.82) is 0 Å². The van der Waals surface area contributed by atoms with Gasteiger partial charge in [-0.3, -0.25) is 4.90 Å². The number of anilines is 1. The van der Waals surface area contributed by atoms with Gasteiger partial charge in [-0.05, 0) is 111 Å². The lowest BCUT2D eigenvalue weighted by Crippen LogP contribution is -2.32. The predicted octanol–water partition coefficient (Wildman–Crippen LogP) is 5.72. The lowest BCUT2D eigenvalue weighted by Gasteiger charge is -2.32. The number of aryl methyl sites for hydroxylation is 1. The summed E-state index contributed by atoms with van der Waals surface area (Å²) in [5.74, 6) is 2.62. The van der Waals surface area contributed by atoms with E-state index in [2.05, 4.69) is 77.2 Å². The van der Waals surface area contributed by atoms with E-state index >= 15 is 0 Å². The Morgan fingerprint density at radius 2 is 1.75 bits per heavy atom. The fourth-order valence-electron chi connectivity index (χ4n) is 6.17. The van der Waals surface area contributed by atoms with Crippen molar-refractivity contribution in [2.24, 2.45) is 0 Å². The van der Waals surface area contributed by atoms with Gasteiger partial charge in [0.2, 0.25) is 0 Å². The van der Waals surface area contributed by atoms with Crippen molar-refractivity contribution in [3.8, 4) is 17.2 Å². The van der Waals surface area contributed by atoms with Crippen molar-refractivity contribution in [2.45, 2.75) is 45.1 Å². The molecule has 1 heterocycles. The molecule has 3 aromatic carbocycles. The molecule has 40 heavy (non-hydrogen) atoms. The van der Waals surface area contributed by atoms with Crippen molar-refractivity contribution in [3.63, 3.8) is 0 Å². The average Bonchev–Trinajstić information content (AvgIpc) is 3.19. The number of nitrogens with zero attached hydrogens (tertiary/aromatic N) is 3. The number of methoxy groups -OCH3 is 1. The Balaban J connectivity index is 1.24. The maximum absolute atomic E-state index is 9.92. The minimum absolute atomic E-state index is 0.362. The number of hydrogen-bond donors (Lipinski definition) is 1. The molecule has 5 rings (SSSR count). The van der Waals surface area contributed by atoms with Gasteiger partial charge in [-0.1, -0.05) is 24.3 Å². The highest BCUT2D eigenvalue weighted by Gasteiger charge is 2.25. The average molecular weight is 544 g/mol. The number of ether oxygens (including phenoxy) is 2. The summed E-state index contributed by atoms with van der Waals surface area (Å²) in [6.45, 7) is 10.3. The molecular formula is C34H45N3O3. The lowest BCUT2D eigenvalue weighted by molar-refractivity contribution is 0.212. The number of phenols is 1. The summed E-state index contributed by atoms with van der Waals surface area (Å²) in [6, 6.07) is 21.0. The minimum atomic E-state index is 0.362. The van der Waals surface area contributed by atoms with Gasteiger partial charge in [0.15, 0.2) is 0 Å². The fourth-order valence-corrected chi connectivity index (χ4v) is 6.17. The predicted molar refractivity (Wildman–Crippen MR) is 163 cm³/mol. The smallest absolute Gasteiger partial charge is 0.120 e. The third kappa shape index (κ3) is 7.10. The molecule has 6 heteroatoms. The topological polar surface area (TPSA) is 48.4 Å². The molecule has 1 aliphatic carbocycles. The van der Waals surface area contributed by atoms with E-state index in [0.717, 1.165) is 76.6 Å². The van der Waals surface area contributed by atoms with E-state index in [9.17, 15) is 5.11 Å². The first-order valence-electron chi connectivity index (χ1n) is 14.9. The van der Waals surface area contributed by atoms with E-state index in [1.807, 2.05) is 12.1 Å². The maximum atomic E-state index is 9.92. The molecule has 3 aromatic rings. The highest BCUT2D eigenvalue weighted by Crippen LogP contribution is 2.40. The standard InChI is InChI=1S/C34H45N3O3/c1-4-37(25-26-6-12-31(13-7-26)40-21-20-36-17-5-16-35(2)18-19-36)34-24-32(39-3)14-15-33(34)29-9-8-28-23-30(38)11-10-27(28)22-29/h6-7,10-15,23-24,29,38H,4-5,8-9,16-22,25H2,1-3H3. The first kappa shape index (κ1) is 28.3. The Kier molecular flexibility index (Phi) is 9.50. The summed E-state index contributed by atoms with van der Waals surface area (Å²) in [5, 5.41) is 9.92. The van der Waals surface area contributed by atoms with Crippen molar-refractivity contribution >= 4 is 5.69 Å². The summed E-state index contributed by atoms with van der Waals surface area (Å²) in [4.78, 5) is 7.38. The van der Waals surface area contributed by atoms with Crippen LogP contribution in [0.5, 0.6) is 17.2 Å². The molecule has 0 saturated carbocycles. The molecule has 0 spiro atoms. The van der Waals surface area contributed by atoms with Crippen molar-refractivity contribution in [3.05, 3.63) is 82.9 Å². The Hall–Kier alpha value is -3.22. The number of phenolic OH excluding ortho intramolecular Hbond substituents is 1. The maximum Gasteiger partial charge on any atom is 0.120 e. The van der Waals surface area contributed by atoms with Crippen LogP contribution in [0.3, 0.4) is 0 Å². The molecule has 1 N–H and O–H groups in total. The van der Waals surface area contributed by atoms with Gasteiger partial charge in [-0.15, -0.1) is 0 Å². The summed E-state index contributed by atoms with van der Waals surface area (Å²) in [7, 11) is 3.95. The second-order valence-corrected chi connectivity index (χ2v) is 11.3. The number of rotatable bonds is 10. The molecule has 1 atom stereocenters. The highest BCUT2D eigenvalue weighted by atomic mass is 16.5. The largest absolute Gasteiger partial charge is 0.508 e. The molecule has 1 aliphatic heterocycles. The van der Waals surface area contributed by atoms with Crippen LogP contribution in [-0.2, 0) is 19.4 Å². The third-order valence-electron chi connectivity index (χ3n) is 8.60. The molecule has 0 amide bonds. The van der Waals surface area contributed by atoms with Crippen LogP contribution in [0.2, 0.25) is 0 Å². The second-order valence-electron chi connectivity index (χ2n) is 11.3. The molecule has 0 bridgehead atoms. The molecule has 6 nitrogen and oxygen atoms in total. The Labute approximate surface area is 240 Å². The van der Waals surface area contributed by atoms with Gasteiger partial charge < -0.3 is 24.4 Å². The van der Waals surface area contributed by atoms with Gasteiger partial charge in [0.1, 0.15) is 23.9 Å². The number of hydrogen-bond acceptors (Lipinski definition) is 6. The van der Waals surface area contributed by atoms with Crippen LogP contribution < -0.4 is 14.4 Å². The Bertz CT molecular complexity index is 1250. The van der Waals surface area contributed by atoms with Crippen LogP contribution in [0.1, 0.15) is 47.9 Å². The Morgan fingerprint density at radius 3 is 2.55 bits per heavy atom. The Morgan fingerprint density at radius 1 is 0.925 bits per heavy atom. The van der Waals surface area contributed by atoms with E-state index in [1.165, 1.54) is 40.9 Å². The molecule has 1 saturated heterocycles. The van der Waals surface area contributed by atoms with Crippen LogP contribution in [0, 0.1) is 0 Å². The number of aromatic hydroxyl groups is 1. The van der Waals surface area contributed by atoms with Crippen LogP contribution in [0.4, 0.5) is 5.69 Å². The molecular weight excluding hydrogens is 498 g/mol. The third-order valence-corrected chi connectivity index (χ3v) is 8.60. The molecule has 2 aliphatic rings. The van der Waals surface area contributed by atoms with Gasteiger partial charge in [0.25, 0.3) is 0 Å². The minimum Gasteiger partial charge on any atom is -0.508 e. The quantitative estimate of drug-likeness (QED) is 0.353. The molecule has 1 unspecified atom stereocenters. The normalized spacial score (nSPS) is 18.1. The van der Waals surface area contributed by atoms with Crippen LogP contribution in [-0.4, -0.2) is 74.9 Å². The first-order valence-corrected chi connectivity index (χ1v) is 14.9. The number of likely N-dealkylation sites (N-methyl/N-ethyl adjacent to an activating group) is 1. The lowest BCUT2D eigenvalue weighted by atomic mass is 9.79. The van der Waals surface area contributed by atoms with E-state index in [4.69, 9.17) is 9.47 Å². The van der Waals surface area contributed by atoms with Crippen LogP contribution in [0.25, 0.3) is 0 Å². The van der Waals surface area contributed by atoms with E-state index in [-0.39, 0.29) is 0 Å². The van der Waals surface area contributed by atoms with Crippen molar-refractivity contribution < 1.29 is 14.6 Å². The number of benzene rings is 3. The second kappa shape index (κ2) is 13.4. The zero-order chi connectivity index (χ0) is 27.9. The number of fused-ring (bicyclic) bond motifs is 1. The SMILES string of the molecule is CCN(Cc1ccc(OCCN2CCCN(C)CC2)cc1)c1cc(OC)ccc1C1CCc2cc(O)ccc2C1. The van der Waals surface area contributed by atoms with E-state index in [1.54, 1.807) is 7.11 Å². The monoisotopic (exact) mass is 543 g/mol. The summed E-state index contributed by atoms with van der Waals surface area (Å²) in [6.07, 6.45) is 4.29. The molecule has 1 fully saturated rings. The molecule has 214 valence electrons. The van der Waals surface area contributed by atoms with Gasteiger partial charge in [-0.2, -0.15) is 0 Å². The zero-order valence-corrected chi connectivity index (χ0v) is 24.4. The molecule has 0 radical (unpaired) electrons. The first-order chi connectivity index (χ1) is 19.5. The zero-order valence-electron chi connectivity index (χ0n) is 24.4. The van der Waals surface area contributed by atoms with Gasteiger partial charge in [-0.25, -0.2) is 0 Å². The van der Waals surface area contributed by atoms with E-state index < -0.39 is 0 Å². The van der Waals surface area contributed by atoms with Crippen LogP contribution >= 0.6 is 0 Å². The van der Waals surface area contributed by atoms with Crippen LogP contribution in [0.15, 0.2) is 60.7 Å². The van der Waals surface area contributed by atoms with E-state index in [0.29, 0.717) is 11.7 Å². The summed E-state index contributed by atoms with van der Waals surface area (Å²) < 4.78 is 11.8. The summed E-state index contributed by atoms with van der Waals surface area (Å²) >= 11 is 0. The molecule has 0 aromatic heterocycles. The highest BCUT2D eigenvalue weighted by molar-refractivity contribution is 5.60. The van der Waals surface area contributed by atoms with Gasteiger partial charge in [0, 0.05) is 44.5 Å². The van der Waals surface area contributed by atoms with Gasteiger partial charge >= 0.3 is 0 Å². The van der Waals surface area contributed by atoms with Crippen molar-refractivity contribution in [1.82, 2.24) is 9.80 Å². The van der Waals surface area contributed by atoms with Crippen molar-refractivity contribution in [2.75, 3.05) is 64.9 Å². The fraction of sp³-hybridized carbons (Fsp3) is 0.471. The van der Waals surface area contributed by atoms with Gasteiger partial charge in [0.05, 0.1) is 7.11 Å². The summed E-state index contributed by atoms with van der Waals surface area (Å²) in [5.41, 5.74) is 6.51.